The van der Waals surface area contributed by atoms with Crippen molar-refractivity contribution in [3.05, 3.63) is 18.5 Å². The van der Waals surface area contributed by atoms with E-state index in [9.17, 15) is 5.11 Å². The van der Waals surface area contributed by atoms with Crippen LogP contribution in [0.3, 0.4) is 0 Å². The van der Waals surface area contributed by atoms with Crippen LogP contribution in [-0.4, -0.2) is 62.2 Å². The molecular weight excluding hydrogens is 262 g/mol. The lowest BCUT2D eigenvalue weighted by Crippen LogP contribution is -2.48. The summed E-state index contributed by atoms with van der Waals surface area (Å²) in [5.41, 5.74) is 5.74. The smallest absolute Gasteiger partial charge is 0.257 e. The topological polar surface area (TPSA) is 115 Å². The average Bonchev–Trinajstić information content (AvgIpc) is 3.01. The maximum Gasteiger partial charge on any atom is 0.257 e. The van der Waals surface area contributed by atoms with Crippen LogP contribution in [0.15, 0.2) is 18.5 Å². The molecule has 3 rings (SSSR count). The van der Waals surface area contributed by atoms with Gasteiger partial charge in [0.25, 0.3) is 5.95 Å². The standard InChI is InChI=1S/C11H15N7O2/c12-9-14-10(17-4-5-20-7-8(17)6-19)16-11(15-9)18-3-1-2-13-18/h1-3,8,19H,4-7H2,(H2,12,14,15,16). The summed E-state index contributed by atoms with van der Waals surface area (Å²) >= 11 is 0. The molecule has 1 aliphatic rings. The zero-order valence-electron chi connectivity index (χ0n) is 10.8. The van der Waals surface area contributed by atoms with Gasteiger partial charge in [0.05, 0.1) is 25.9 Å². The molecule has 2 aromatic heterocycles. The summed E-state index contributed by atoms with van der Waals surface area (Å²) in [7, 11) is 0. The fourth-order valence-corrected chi connectivity index (χ4v) is 2.06. The first kappa shape index (κ1) is 12.8. The number of nitrogens with zero attached hydrogens (tertiary/aromatic N) is 6. The van der Waals surface area contributed by atoms with Crippen molar-refractivity contribution in [1.82, 2.24) is 24.7 Å². The molecule has 3 heterocycles. The minimum Gasteiger partial charge on any atom is -0.394 e. The quantitative estimate of drug-likeness (QED) is 0.721. The Kier molecular flexibility index (Phi) is 3.44. The molecule has 0 amide bonds. The Morgan fingerprint density at radius 1 is 1.35 bits per heavy atom. The van der Waals surface area contributed by atoms with Crippen molar-refractivity contribution in [2.45, 2.75) is 6.04 Å². The van der Waals surface area contributed by atoms with Gasteiger partial charge < -0.3 is 20.5 Å². The lowest BCUT2D eigenvalue weighted by atomic mass is 10.2. The molecule has 0 spiro atoms. The van der Waals surface area contributed by atoms with Crippen molar-refractivity contribution in [2.24, 2.45) is 0 Å². The molecule has 20 heavy (non-hydrogen) atoms. The highest BCUT2D eigenvalue weighted by molar-refractivity contribution is 5.39. The first-order valence-electron chi connectivity index (χ1n) is 6.25. The fourth-order valence-electron chi connectivity index (χ4n) is 2.06. The fraction of sp³-hybridized carbons (Fsp3) is 0.455. The zero-order chi connectivity index (χ0) is 13.9. The van der Waals surface area contributed by atoms with Crippen molar-refractivity contribution in [3.8, 4) is 5.95 Å². The lowest BCUT2D eigenvalue weighted by Gasteiger charge is -2.34. The van der Waals surface area contributed by atoms with E-state index in [1.165, 1.54) is 4.68 Å². The lowest BCUT2D eigenvalue weighted by molar-refractivity contribution is 0.0718. The van der Waals surface area contributed by atoms with Gasteiger partial charge in [0.1, 0.15) is 0 Å². The second kappa shape index (κ2) is 5.39. The highest BCUT2D eigenvalue weighted by Gasteiger charge is 2.25. The summed E-state index contributed by atoms with van der Waals surface area (Å²) in [5, 5.41) is 13.5. The second-order valence-corrected chi connectivity index (χ2v) is 4.35. The van der Waals surface area contributed by atoms with Gasteiger partial charge in [-0.15, -0.1) is 0 Å². The minimum atomic E-state index is -0.184. The highest BCUT2D eigenvalue weighted by atomic mass is 16.5. The largest absolute Gasteiger partial charge is 0.394 e. The molecule has 3 N–H and O–H groups in total. The van der Waals surface area contributed by atoms with Crippen LogP contribution in [0.5, 0.6) is 0 Å². The average molecular weight is 277 g/mol. The Balaban J connectivity index is 1.96. The minimum absolute atomic E-state index is 0.0390. The van der Waals surface area contributed by atoms with E-state index in [4.69, 9.17) is 10.5 Å². The van der Waals surface area contributed by atoms with Gasteiger partial charge in [0.2, 0.25) is 11.9 Å². The number of morpholine rings is 1. The molecule has 1 atom stereocenters. The Morgan fingerprint density at radius 2 is 2.20 bits per heavy atom. The van der Waals surface area contributed by atoms with E-state index in [1.807, 2.05) is 4.90 Å². The number of anilines is 2. The van der Waals surface area contributed by atoms with E-state index in [2.05, 4.69) is 20.1 Å². The SMILES string of the molecule is Nc1nc(N2CCOCC2CO)nc(-n2cccn2)n1. The van der Waals surface area contributed by atoms with Crippen LogP contribution in [-0.2, 0) is 4.74 Å². The number of rotatable bonds is 3. The Morgan fingerprint density at radius 3 is 2.95 bits per heavy atom. The van der Waals surface area contributed by atoms with E-state index < -0.39 is 0 Å². The number of aromatic nitrogens is 5. The van der Waals surface area contributed by atoms with Gasteiger partial charge in [-0.1, -0.05) is 0 Å². The Labute approximate surface area is 115 Å². The Bertz CT molecular complexity index is 574. The van der Waals surface area contributed by atoms with Crippen LogP contribution in [0.2, 0.25) is 0 Å². The number of hydrogen-bond donors (Lipinski definition) is 2. The molecular formula is C11H15N7O2. The number of hydrogen-bond acceptors (Lipinski definition) is 8. The Hall–Kier alpha value is -2.26. The molecule has 0 aromatic carbocycles. The molecule has 1 aliphatic heterocycles. The van der Waals surface area contributed by atoms with Gasteiger partial charge in [0.15, 0.2) is 0 Å². The van der Waals surface area contributed by atoms with Gasteiger partial charge in [0, 0.05) is 18.9 Å². The first-order valence-corrected chi connectivity index (χ1v) is 6.25. The van der Waals surface area contributed by atoms with E-state index in [1.54, 1.807) is 18.5 Å². The third kappa shape index (κ3) is 2.40. The second-order valence-electron chi connectivity index (χ2n) is 4.35. The number of nitrogens with two attached hydrogens (primary N) is 1. The van der Waals surface area contributed by atoms with Gasteiger partial charge in [-0.2, -0.15) is 20.1 Å². The molecule has 0 bridgehead atoms. The normalized spacial score (nSPS) is 19.2. The summed E-state index contributed by atoms with van der Waals surface area (Å²) in [6.45, 7) is 1.54. The number of aliphatic hydroxyl groups is 1. The van der Waals surface area contributed by atoms with Crippen molar-refractivity contribution < 1.29 is 9.84 Å². The number of aliphatic hydroxyl groups excluding tert-OH is 1. The van der Waals surface area contributed by atoms with Crippen molar-refractivity contribution in [3.63, 3.8) is 0 Å². The molecule has 9 heteroatoms. The summed E-state index contributed by atoms with van der Waals surface area (Å²) < 4.78 is 6.85. The molecule has 0 aliphatic carbocycles. The van der Waals surface area contributed by atoms with Crippen molar-refractivity contribution in [1.29, 1.82) is 0 Å². The molecule has 2 aromatic rings. The van der Waals surface area contributed by atoms with Gasteiger partial charge in [-0.25, -0.2) is 4.68 Å². The monoisotopic (exact) mass is 277 g/mol. The maximum absolute atomic E-state index is 9.40. The molecule has 1 fully saturated rings. The van der Waals surface area contributed by atoms with Crippen LogP contribution in [0.4, 0.5) is 11.9 Å². The molecule has 0 radical (unpaired) electrons. The molecule has 1 saturated heterocycles. The van der Waals surface area contributed by atoms with Gasteiger partial charge in [-0.3, -0.25) is 0 Å². The van der Waals surface area contributed by atoms with E-state index in [-0.39, 0.29) is 18.6 Å². The summed E-state index contributed by atoms with van der Waals surface area (Å²) in [5.74, 6) is 0.884. The van der Waals surface area contributed by atoms with Crippen LogP contribution >= 0.6 is 0 Å². The third-order valence-electron chi connectivity index (χ3n) is 3.03. The number of ether oxygens (including phenoxy) is 1. The van der Waals surface area contributed by atoms with E-state index in [0.29, 0.717) is 31.7 Å². The molecule has 9 nitrogen and oxygen atoms in total. The first-order chi connectivity index (χ1) is 9.78. The molecule has 0 saturated carbocycles. The maximum atomic E-state index is 9.40. The van der Waals surface area contributed by atoms with Crippen LogP contribution < -0.4 is 10.6 Å². The van der Waals surface area contributed by atoms with Crippen LogP contribution in [0.25, 0.3) is 5.95 Å². The van der Waals surface area contributed by atoms with Gasteiger partial charge in [-0.05, 0) is 6.07 Å². The number of nitrogen functional groups attached to an aromatic ring is 1. The van der Waals surface area contributed by atoms with E-state index in [0.717, 1.165) is 0 Å². The van der Waals surface area contributed by atoms with Crippen LogP contribution in [0, 0.1) is 0 Å². The zero-order valence-corrected chi connectivity index (χ0v) is 10.8. The summed E-state index contributed by atoms with van der Waals surface area (Å²) in [4.78, 5) is 14.4. The van der Waals surface area contributed by atoms with Crippen LogP contribution in [0.1, 0.15) is 0 Å². The van der Waals surface area contributed by atoms with Crippen molar-refractivity contribution in [2.75, 3.05) is 37.0 Å². The highest BCUT2D eigenvalue weighted by Crippen LogP contribution is 2.16. The van der Waals surface area contributed by atoms with Gasteiger partial charge >= 0.3 is 0 Å². The summed E-state index contributed by atoms with van der Waals surface area (Å²) in [6, 6.07) is 1.58. The van der Waals surface area contributed by atoms with Crippen molar-refractivity contribution >= 4 is 11.9 Å². The van der Waals surface area contributed by atoms with E-state index >= 15 is 0 Å². The predicted octanol–water partition coefficient (Wildman–Crippen LogP) is -1.16. The third-order valence-corrected chi connectivity index (χ3v) is 3.03. The summed E-state index contributed by atoms with van der Waals surface area (Å²) in [6.07, 6.45) is 3.35. The molecule has 106 valence electrons. The molecule has 1 unspecified atom stereocenters. The predicted molar refractivity (Wildman–Crippen MR) is 70.4 cm³/mol.